The average Bonchev–Trinajstić information content (AvgIpc) is 2.26. The fraction of sp³-hybridized carbons (Fsp3) is 0.300. The summed E-state index contributed by atoms with van der Waals surface area (Å²) in [5.74, 6) is -0.431. The Balaban J connectivity index is 2.92. The normalized spacial score (nSPS) is 11.9. The highest BCUT2D eigenvalue weighted by molar-refractivity contribution is 14.1. The van der Waals surface area contributed by atoms with E-state index in [9.17, 15) is 14.9 Å². The van der Waals surface area contributed by atoms with Crippen molar-refractivity contribution in [2.24, 2.45) is 0 Å². The largest absolute Gasteiger partial charge is 0.392 e. The number of hydrogen-bond donors (Lipinski definition) is 2. The van der Waals surface area contributed by atoms with Crippen molar-refractivity contribution in [3.8, 4) is 0 Å². The maximum absolute atomic E-state index is 11.7. The number of aliphatic hydroxyl groups excluding tert-OH is 1. The molecule has 0 bridgehead atoms. The van der Waals surface area contributed by atoms with E-state index in [1.54, 1.807) is 6.92 Å². The molecule has 1 aromatic rings. The molecular formula is C10H11IN2O4. The first kappa shape index (κ1) is 13.8. The molecule has 2 N–H and O–H groups in total. The van der Waals surface area contributed by atoms with Crippen molar-refractivity contribution in [3.05, 3.63) is 37.4 Å². The first-order chi connectivity index (χ1) is 7.91. The summed E-state index contributed by atoms with van der Waals surface area (Å²) in [6.45, 7) is 1.65. The van der Waals surface area contributed by atoms with Gasteiger partial charge in [0.1, 0.15) is 0 Å². The Bertz CT molecular complexity index is 448. The van der Waals surface area contributed by atoms with E-state index in [-0.39, 0.29) is 17.8 Å². The van der Waals surface area contributed by atoms with E-state index in [1.807, 2.05) is 22.6 Å². The summed E-state index contributed by atoms with van der Waals surface area (Å²) in [6.07, 6.45) is -0.657. The molecule has 0 radical (unpaired) electrons. The second-order valence-electron chi connectivity index (χ2n) is 3.48. The molecule has 0 aliphatic rings. The average molecular weight is 350 g/mol. The number of nitro groups is 1. The van der Waals surface area contributed by atoms with Gasteiger partial charge in [0.05, 0.1) is 16.6 Å². The van der Waals surface area contributed by atoms with Crippen LogP contribution in [0.5, 0.6) is 0 Å². The molecule has 0 spiro atoms. The number of nitro benzene ring substituents is 1. The summed E-state index contributed by atoms with van der Waals surface area (Å²) in [4.78, 5) is 21.7. The molecule has 17 heavy (non-hydrogen) atoms. The number of carbonyl (C=O) groups is 1. The smallest absolute Gasteiger partial charge is 0.270 e. The number of nitrogens with one attached hydrogen (secondary N) is 1. The first-order valence-corrected chi connectivity index (χ1v) is 5.90. The van der Waals surface area contributed by atoms with Crippen LogP contribution in [-0.2, 0) is 0 Å². The number of nitrogens with zero attached hydrogens (tertiary/aromatic N) is 1. The fourth-order valence-electron chi connectivity index (χ4n) is 1.14. The third kappa shape index (κ3) is 3.93. The van der Waals surface area contributed by atoms with Crippen LogP contribution in [0.25, 0.3) is 0 Å². The highest BCUT2D eigenvalue weighted by Crippen LogP contribution is 2.19. The lowest BCUT2D eigenvalue weighted by Gasteiger charge is -2.08. The lowest BCUT2D eigenvalue weighted by Crippen LogP contribution is -2.31. The molecule has 0 aliphatic carbocycles. The maximum atomic E-state index is 11.7. The Morgan fingerprint density at radius 2 is 2.29 bits per heavy atom. The number of carbonyl (C=O) groups excluding carboxylic acids is 1. The number of halogens is 1. The lowest BCUT2D eigenvalue weighted by molar-refractivity contribution is -0.384. The topological polar surface area (TPSA) is 92.5 Å². The Morgan fingerprint density at radius 3 is 2.82 bits per heavy atom. The number of hydrogen-bond acceptors (Lipinski definition) is 4. The van der Waals surface area contributed by atoms with Crippen LogP contribution in [0.15, 0.2) is 18.2 Å². The summed E-state index contributed by atoms with van der Waals surface area (Å²) in [7, 11) is 0. The summed E-state index contributed by atoms with van der Waals surface area (Å²) in [6, 6.07) is 4.07. The zero-order valence-corrected chi connectivity index (χ0v) is 11.2. The van der Waals surface area contributed by atoms with Crippen molar-refractivity contribution in [2.75, 3.05) is 6.54 Å². The molecule has 1 rings (SSSR count). The number of aliphatic hydroxyl groups is 1. The standard InChI is InChI=1S/C10H11IN2O4/c1-6(14)5-12-10(15)8-4-7(13(16)17)2-3-9(8)11/h2-4,6,14H,5H2,1H3,(H,12,15)/t6-/m0/s1. The van der Waals surface area contributed by atoms with Crippen molar-refractivity contribution in [2.45, 2.75) is 13.0 Å². The van der Waals surface area contributed by atoms with E-state index in [2.05, 4.69) is 5.32 Å². The second-order valence-corrected chi connectivity index (χ2v) is 4.64. The summed E-state index contributed by atoms with van der Waals surface area (Å²) in [5.41, 5.74) is 0.105. The molecule has 0 aliphatic heterocycles. The van der Waals surface area contributed by atoms with Crippen molar-refractivity contribution < 1.29 is 14.8 Å². The molecule has 7 heteroatoms. The predicted molar refractivity (Wildman–Crippen MR) is 69.8 cm³/mol. The molecule has 1 amide bonds. The van der Waals surface area contributed by atoms with Crippen molar-refractivity contribution in [1.82, 2.24) is 5.32 Å². The van der Waals surface area contributed by atoms with Gasteiger partial charge < -0.3 is 10.4 Å². The molecule has 0 fully saturated rings. The van der Waals surface area contributed by atoms with Crippen molar-refractivity contribution in [1.29, 1.82) is 0 Å². The molecule has 0 heterocycles. The molecule has 1 atom stereocenters. The van der Waals surface area contributed by atoms with E-state index < -0.39 is 16.9 Å². The molecule has 0 unspecified atom stereocenters. The Morgan fingerprint density at radius 1 is 1.65 bits per heavy atom. The van der Waals surface area contributed by atoms with Gasteiger partial charge in [-0.25, -0.2) is 0 Å². The number of amides is 1. The van der Waals surface area contributed by atoms with Crippen LogP contribution in [0, 0.1) is 13.7 Å². The number of benzene rings is 1. The van der Waals surface area contributed by atoms with Gasteiger partial charge in [-0.1, -0.05) is 0 Å². The van der Waals surface area contributed by atoms with Crippen LogP contribution in [0.1, 0.15) is 17.3 Å². The lowest BCUT2D eigenvalue weighted by atomic mass is 10.2. The van der Waals surface area contributed by atoms with E-state index in [1.165, 1.54) is 18.2 Å². The Labute approximate surface area is 111 Å². The summed E-state index contributed by atoms with van der Waals surface area (Å²) in [5, 5.41) is 22.1. The molecule has 1 aromatic carbocycles. The zero-order chi connectivity index (χ0) is 13.0. The monoisotopic (exact) mass is 350 g/mol. The third-order valence-electron chi connectivity index (χ3n) is 1.96. The van der Waals surface area contributed by atoms with Gasteiger partial charge in [-0.05, 0) is 35.6 Å². The first-order valence-electron chi connectivity index (χ1n) is 4.82. The second kappa shape index (κ2) is 5.92. The highest BCUT2D eigenvalue weighted by Gasteiger charge is 2.15. The zero-order valence-electron chi connectivity index (χ0n) is 9.01. The van der Waals surface area contributed by atoms with Gasteiger partial charge in [0.15, 0.2) is 0 Å². The Hall–Kier alpha value is -1.22. The Kier molecular flexibility index (Phi) is 4.82. The van der Waals surface area contributed by atoms with Crippen molar-refractivity contribution in [3.63, 3.8) is 0 Å². The SMILES string of the molecule is C[C@H](O)CNC(=O)c1cc([N+](=O)[O-])ccc1I. The summed E-state index contributed by atoms with van der Waals surface area (Å²) >= 11 is 1.93. The van der Waals surface area contributed by atoms with Crippen LogP contribution in [0.3, 0.4) is 0 Å². The van der Waals surface area contributed by atoms with E-state index in [0.29, 0.717) is 3.57 Å². The molecule has 92 valence electrons. The van der Waals surface area contributed by atoms with Crippen molar-refractivity contribution >= 4 is 34.2 Å². The van der Waals surface area contributed by atoms with Crippen LogP contribution >= 0.6 is 22.6 Å². The molecule has 0 aromatic heterocycles. The van der Waals surface area contributed by atoms with Crippen LogP contribution in [0.4, 0.5) is 5.69 Å². The van der Waals surface area contributed by atoms with Crippen LogP contribution in [0.2, 0.25) is 0 Å². The van der Waals surface area contributed by atoms with Gasteiger partial charge in [0.25, 0.3) is 11.6 Å². The third-order valence-corrected chi connectivity index (χ3v) is 2.90. The minimum absolute atomic E-state index is 0.109. The van der Waals surface area contributed by atoms with E-state index >= 15 is 0 Å². The molecular weight excluding hydrogens is 339 g/mol. The fourth-order valence-corrected chi connectivity index (χ4v) is 1.72. The number of rotatable bonds is 4. The predicted octanol–water partition coefficient (Wildman–Crippen LogP) is 1.31. The quantitative estimate of drug-likeness (QED) is 0.487. The van der Waals surface area contributed by atoms with Gasteiger partial charge in [-0.3, -0.25) is 14.9 Å². The highest BCUT2D eigenvalue weighted by atomic mass is 127. The summed E-state index contributed by atoms with van der Waals surface area (Å²) < 4.78 is 0.622. The number of non-ortho nitro benzene ring substituents is 1. The van der Waals surface area contributed by atoms with Gasteiger partial charge >= 0.3 is 0 Å². The minimum atomic E-state index is -0.657. The van der Waals surface area contributed by atoms with E-state index in [4.69, 9.17) is 5.11 Å². The van der Waals surface area contributed by atoms with Gasteiger partial charge in [0.2, 0.25) is 0 Å². The van der Waals surface area contributed by atoms with Crippen LogP contribution in [-0.4, -0.2) is 28.6 Å². The maximum Gasteiger partial charge on any atom is 0.270 e. The molecule has 0 saturated heterocycles. The van der Waals surface area contributed by atoms with Gasteiger partial charge in [-0.2, -0.15) is 0 Å². The van der Waals surface area contributed by atoms with Crippen LogP contribution < -0.4 is 5.32 Å². The minimum Gasteiger partial charge on any atom is -0.392 e. The van der Waals surface area contributed by atoms with Gasteiger partial charge in [0, 0.05) is 22.2 Å². The van der Waals surface area contributed by atoms with Gasteiger partial charge in [-0.15, -0.1) is 0 Å². The molecule has 6 nitrogen and oxygen atoms in total. The molecule has 0 saturated carbocycles. The van der Waals surface area contributed by atoms with E-state index in [0.717, 1.165) is 0 Å².